The van der Waals surface area contributed by atoms with E-state index >= 15 is 0 Å². The summed E-state index contributed by atoms with van der Waals surface area (Å²) in [5.74, 6) is -0.551. The smallest absolute Gasteiger partial charge is 0.265 e. The van der Waals surface area contributed by atoms with Crippen molar-refractivity contribution in [3.63, 3.8) is 0 Å². The van der Waals surface area contributed by atoms with Gasteiger partial charge in [-0.25, -0.2) is 13.1 Å². The highest BCUT2D eigenvalue weighted by Gasteiger charge is 2.43. The predicted octanol–water partition coefficient (Wildman–Crippen LogP) is 0.995. The number of hydrogen-bond acceptors (Lipinski definition) is 3. The second-order valence-electron chi connectivity index (χ2n) is 3.99. The predicted molar refractivity (Wildman–Crippen MR) is 55.9 cm³/mol. The maximum atomic E-state index is 11.7. The third kappa shape index (κ3) is 1.26. The van der Waals surface area contributed by atoms with Gasteiger partial charge in [0.25, 0.3) is 5.91 Å². The number of rotatable bonds is 0. The number of amides is 1. The molecule has 0 radical (unpaired) electrons. The van der Waals surface area contributed by atoms with Gasteiger partial charge in [-0.3, -0.25) is 4.79 Å². The molecule has 1 amide bonds. The van der Waals surface area contributed by atoms with Crippen LogP contribution in [0.2, 0.25) is 0 Å². The average Bonchev–Trinajstić information content (AvgIpc) is 2.15. The molecule has 1 aromatic rings. The van der Waals surface area contributed by atoms with Crippen LogP contribution in [0, 0.1) is 0 Å². The number of hydrogen-bond donors (Lipinski definition) is 1. The van der Waals surface area contributed by atoms with Crippen molar-refractivity contribution < 1.29 is 13.2 Å². The van der Waals surface area contributed by atoms with E-state index in [9.17, 15) is 13.2 Å². The van der Waals surface area contributed by atoms with Crippen molar-refractivity contribution in [3.8, 4) is 0 Å². The molecule has 0 spiro atoms. The third-order valence-electron chi connectivity index (χ3n) is 2.72. The molecule has 0 fully saturated rings. The molecule has 0 aromatic heterocycles. The molecule has 80 valence electrons. The molecule has 15 heavy (non-hydrogen) atoms. The minimum Gasteiger partial charge on any atom is -0.268 e. The second-order valence-corrected chi connectivity index (χ2v) is 6.22. The first-order valence-corrected chi connectivity index (χ1v) is 6.01. The van der Waals surface area contributed by atoms with E-state index in [4.69, 9.17) is 0 Å². The van der Waals surface area contributed by atoms with Crippen molar-refractivity contribution in [2.24, 2.45) is 0 Å². The van der Waals surface area contributed by atoms with Gasteiger partial charge in [-0.1, -0.05) is 18.2 Å². The summed E-state index contributed by atoms with van der Waals surface area (Å²) in [5.41, 5.74) is 0.978. The minimum absolute atomic E-state index is 0.428. The van der Waals surface area contributed by atoms with E-state index in [0.717, 1.165) is 0 Å². The van der Waals surface area contributed by atoms with Crippen LogP contribution < -0.4 is 4.72 Å². The molecule has 0 bridgehead atoms. The zero-order valence-electron chi connectivity index (χ0n) is 8.44. The average molecular weight is 225 g/mol. The number of sulfonamides is 1. The Bertz CT molecular complexity index is 531. The van der Waals surface area contributed by atoms with Crippen LogP contribution >= 0.6 is 0 Å². The van der Waals surface area contributed by atoms with E-state index in [1.165, 1.54) is 0 Å². The minimum atomic E-state index is -3.62. The Hall–Kier alpha value is -1.36. The normalized spacial score (nSPS) is 21.6. The molecule has 5 heteroatoms. The van der Waals surface area contributed by atoms with Crippen LogP contribution in [0.3, 0.4) is 0 Å². The first-order valence-electron chi connectivity index (χ1n) is 4.52. The van der Waals surface area contributed by atoms with Crippen molar-refractivity contribution in [3.05, 3.63) is 35.4 Å². The van der Waals surface area contributed by atoms with E-state index in [0.29, 0.717) is 11.1 Å². The largest absolute Gasteiger partial charge is 0.268 e. The highest BCUT2D eigenvalue weighted by Crippen LogP contribution is 2.34. The lowest BCUT2D eigenvalue weighted by Gasteiger charge is -2.31. The Morgan fingerprint density at radius 1 is 1.20 bits per heavy atom. The Labute approximate surface area is 88.4 Å². The van der Waals surface area contributed by atoms with Crippen molar-refractivity contribution in [2.75, 3.05) is 0 Å². The van der Waals surface area contributed by atoms with Gasteiger partial charge in [0.1, 0.15) is 4.75 Å². The van der Waals surface area contributed by atoms with Crippen molar-refractivity contribution in [2.45, 2.75) is 18.6 Å². The van der Waals surface area contributed by atoms with Crippen LogP contribution in [0.25, 0.3) is 0 Å². The second kappa shape index (κ2) is 2.82. The van der Waals surface area contributed by atoms with Crippen molar-refractivity contribution >= 4 is 15.9 Å². The maximum Gasteiger partial charge on any atom is 0.265 e. The van der Waals surface area contributed by atoms with E-state index in [1.807, 2.05) is 4.72 Å². The van der Waals surface area contributed by atoms with Crippen LogP contribution in [0.15, 0.2) is 24.3 Å². The fraction of sp³-hybridized carbons (Fsp3) is 0.300. The topological polar surface area (TPSA) is 63.2 Å². The lowest BCUT2D eigenvalue weighted by atomic mass is 9.96. The summed E-state index contributed by atoms with van der Waals surface area (Å²) in [6.07, 6.45) is 0. The monoisotopic (exact) mass is 225 g/mol. The molecule has 1 aliphatic heterocycles. The zero-order chi connectivity index (χ0) is 11.3. The van der Waals surface area contributed by atoms with Crippen LogP contribution in [0.5, 0.6) is 0 Å². The molecular weight excluding hydrogens is 214 g/mol. The molecule has 0 atom stereocenters. The Morgan fingerprint density at radius 3 is 2.47 bits per heavy atom. The number of fused-ring (bicyclic) bond motifs is 1. The summed E-state index contributed by atoms with van der Waals surface area (Å²) in [5, 5.41) is 0. The summed E-state index contributed by atoms with van der Waals surface area (Å²) < 4.78 is 24.5. The van der Waals surface area contributed by atoms with Gasteiger partial charge in [0, 0.05) is 5.56 Å². The van der Waals surface area contributed by atoms with Crippen molar-refractivity contribution in [1.82, 2.24) is 4.72 Å². The van der Waals surface area contributed by atoms with Crippen LogP contribution in [0.1, 0.15) is 29.8 Å². The summed E-state index contributed by atoms with van der Waals surface area (Å²) in [6.45, 7) is 3.17. The number of benzene rings is 1. The molecule has 4 nitrogen and oxygen atoms in total. The molecule has 1 aromatic carbocycles. The summed E-state index contributed by atoms with van der Waals surface area (Å²) in [7, 11) is -3.62. The van der Waals surface area contributed by atoms with Crippen molar-refractivity contribution in [1.29, 1.82) is 0 Å². The Morgan fingerprint density at radius 2 is 1.80 bits per heavy atom. The first kappa shape index (κ1) is 10.2. The number of nitrogens with one attached hydrogen (secondary N) is 1. The highest BCUT2D eigenvalue weighted by atomic mass is 32.2. The van der Waals surface area contributed by atoms with Crippen LogP contribution in [0.4, 0.5) is 0 Å². The molecule has 1 heterocycles. The highest BCUT2D eigenvalue weighted by molar-refractivity contribution is 7.91. The number of carbonyl (C=O) groups is 1. The molecule has 1 aliphatic rings. The van der Waals surface area contributed by atoms with E-state index in [1.54, 1.807) is 38.1 Å². The Kier molecular flexibility index (Phi) is 1.91. The molecule has 0 saturated heterocycles. The van der Waals surface area contributed by atoms with Crippen LogP contribution in [-0.2, 0) is 14.8 Å². The van der Waals surface area contributed by atoms with E-state index in [2.05, 4.69) is 0 Å². The third-order valence-corrected chi connectivity index (χ3v) is 4.74. The lowest BCUT2D eigenvalue weighted by Crippen LogP contribution is -2.48. The van der Waals surface area contributed by atoms with Gasteiger partial charge in [0.2, 0.25) is 10.0 Å². The standard InChI is InChI=1S/C10H11NO3S/c1-10(2)8-6-4-3-5-7(8)9(12)11-15(10,13)14/h3-6H,1-2H3,(H,11,12). The zero-order valence-corrected chi connectivity index (χ0v) is 9.26. The molecule has 2 rings (SSSR count). The van der Waals surface area contributed by atoms with Gasteiger partial charge in [0.05, 0.1) is 0 Å². The molecule has 0 aliphatic carbocycles. The van der Waals surface area contributed by atoms with Gasteiger partial charge in [-0.15, -0.1) is 0 Å². The lowest BCUT2D eigenvalue weighted by molar-refractivity contribution is 0.0975. The molecule has 0 saturated carbocycles. The quantitative estimate of drug-likeness (QED) is 0.716. The Balaban J connectivity index is 2.80. The van der Waals surface area contributed by atoms with Gasteiger partial charge in [-0.05, 0) is 25.5 Å². The van der Waals surface area contributed by atoms with E-state index in [-0.39, 0.29) is 0 Å². The summed E-state index contributed by atoms with van der Waals surface area (Å²) in [6, 6.07) is 6.74. The number of carbonyl (C=O) groups excluding carboxylic acids is 1. The summed E-state index contributed by atoms with van der Waals surface area (Å²) in [4.78, 5) is 11.5. The maximum absolute atomic E-state index is 11.7. The molecule has 0 unspecified atom stereocenters. The van der Waals surface area contributed by atoms with Gasteiger partial charge in [-0.2, -0.15) is 0 Å². The summed E-state index contributed by atoms with van der Waals surface area (Å²) >= 11 is 0. The van der Waals surface area contributed by atoms with Gasteiger partial charge in [0.15, 0.2) is 0 Å². The van der Waals surface area contributed by atoms with Crippen LogP contribution in [-0.4, -0.2) is 14.3 Å². The van der Waals surface area contributed by atoms with Gasteiger partial charge >= 0.3 is 0 Å². The molecule has 1 N–H and O–H groups in total. The fourth-order valence-corrected chi connectivity index (χ4v) is 2.73. The SMILES string of the molecule is CC1(C)c2ccccc2C(=O)NS1(=O)=O. The van der Waals surface area contributed by atoms with E-state index < -0.39 is 20.7 Å². The molecular formula is C10H11NO3S. The van der Waals surface area contributed by atoms with Gasteiger partial charge < -0.3 is 0 Å². The first-order chi connectivity index (χ1) is 6.86. The fourth-order valence-electron chi connectivity index (χ4n) is 1.66.